The van der Waals surface area contributed by atoms with Crippen molar-refractivity contribution in [2.45, 2.75) is 33.6 Å². The Bertz CT molecular complexity index is 763. The van der Waals surface area contributed by atoms with Crippen LogP contribution in [0.5, 0.6) is 0 Å². The number of piperidine rings is 1. The third-order valence-corrected chi connectivity index (χ3v) is 5.26. The minimum absolute atomic E-state index is 0.224. The smallest absolute Gasteiger partial charge is 0.306 e. The second-order valence-electron chi connectivity index (χ2n) is 6.69. The molecule has 1 aromatic carbocycles. The molecule has 0 saturated carbocycles. The average molecular weight is 341 g/mol. The van der Waals surface area contributed by atoms with Crippen LogP contribution < -0.4 is 9.80 Å². The number of nitrogens with zero attached hydrogens (tertiary/aromatic N) is 3. The highest BCUT2D eigenvalue weighted by Crippen LogP contribution is 2.36. The summed E-state index contributed by atoms with van der Waals surface area (Å²) in [5, 5.41) is 11.6. The zero-order chi connectivity index (χ0) is 18.0. The fraction of sp³-hybridized carbons (Fsp3) is 0.500. The number of aryl methyl sites for hydroxylation is 1. The van der Waals surface area contributed by atoms with Gasteiger partial charge in [0.25, 0.3) is 0 Å². The number of anilines is 2. The first-order valence-corrected chi connectivity index (χ1v) is 9.18. The minimum Gasteiger partial charge on any atom is -0.481 e. The molecule has 3 rings (SSSR count). The molecule has 1 N–H and O–H groups in total. The second-order valence-corrected chi connectivity index (χ2v) is 6.69. The maximum Gasteiger partial charge on any atom is 0.306 e. The number of benzene rings is 1. The van der Waals surface area contributed by atoms with Gasteiger partial charge < -0.3 is 14.9 Å². The Kier molecular flexibility index (Phi) is 5.11. The molecule has 0 atom stereocenters. The standard InChI is InChI=1S/C20H27N3O2/c1-4-22(5-2)18-14(3)21-19(17-9-7-6-8-16(17)18)23-12-10-15(11-13-23)20(24)25/h6-9,15H,4-5,10-13H2,1-3H3,(H,24,25). The molecule has 5 heteroatoms. The molecule has 134 valence electrons. The van der Waals surface area contributed by atoms with E-state index in [1.807, 2.05) is 0 Å². The number of aromatic nitrogens is 1. The van der Waals surface area contributed by atoms with Crippen LogP contribution >= 0.6 is 0 Å². The average Bonchev–Trinajstić information content (AvgIpc) is 2.64. The quantitative estimate of drug-likeness (QED) is 0.899. The molecule has 5 nitrogen and oxygen atoms in total. The summed E-state index contributed by atoms with van der Waals surface area (Å²) in [4.78, 5) is 20.8. The van der Waals surface area contributed by atoms with Crippen molar-refractivity contribution < 1.29 is 9.90 Å². The number of hydrogen-bond acceptors (Lipinski definition) is 4. The molecular formula is C20H27N3O2. The molecule has 25 heavy (non-hydrogen) atoms. The Morgan fingerprint density at radius 1 is 1.20 bits per heavy atom. The summed E-state index contributed by atoms with van der Waals surface area (Å²) in [7, 11) is 0. The summed E-state index contributed by atoms with van der Waals surface area (Å²) in [5.41, 5.74) is 2.25. The SMILES string of the molecule is CCN(CC)c1c(C)nc(N2CCC(C(=O)O)CC2)c2ccccc12. The number of carboxylic acid groups (broad SMARTS) is 1. The number of carboxylic acids is 1. The van der Waals surface area contributed by atoms with Crippen LogP contribution in [0.1, 0.15) is 32.4 Å². The van der Waals surface area contributed by atoms with Gasteiger partial charge in [-0.15, -0.1) is 0 Å². The summed E-state index contributed by atoms with van der Waals surface area (Å²) < 4.78 is 0. The maximum atomic E-state index is 11.2. The molecular weight excluding hydrogens is 314 g/mol. The predicted molar refractivity (Wildman–Crippen MR) is 103 cm³/mol. The van der Waals surface area contributed by atoms with E-state index in [0.717, 1.165) is 43.1 Å². The van der Waals surface area contributed by atoms with E-state index in [1.165, 1.54) is 11.1 Å². The van der Waals surface area contributed by atoms with Crippen molar-refractivity contribution in [2.24, 2.45) is 5.92 Å². The van der Waals surface area contributed by atoms with E-state index in [2.05, 4.69) is 54.8 Å². The van der Waals surface area contributed by atoms with Crippen LogP contribution in [0.2, 0.25) is 0 Å². The van der Waals surface area contributed by atoms with Crippen LogP contribution in [0.15, 0.2) is 24.3 Å². The lowest BCUT2D eigenvalue weighted by atomic mass is 9.96. The van der Waals surface area contributed by atoms with Gasteiger partial charge in [-0.3, -0.25) is 4.79 Å². The van der Waals surface area contributed by atoms with Crippen molar-refractivity contribution in [1.82, 2.24) is 4.98 Å². The molecule has 2 aromatic rings. The molecule has 2 heterocycles. The summed E-state index contributed by atoms with van der Waals surface area (Å²) in [6, 6.07) is 8.44. The Hall–Kier alpha value is -2.30. The van der Waals surface area contributed by atoms with Crippen molar-refractivity contribution in [1.29, 1.82) is 0 Å². The lowest BCUT2D eigenvalue weighted by Gasteiger charge is -2.33. The molecule has 0 radical (unpaired) electrons. The normalized spacial score (nSPS) is 15.6. The predicted octanol–water partition coefficient (Wildman–Crippen LogP) is 3.69. The highest BCUT2D eigenvalue weighted by atomic mass is 16.4. The van der Waals surface area contributed by atoms with Crippen LogP contribution in [0.4, 0.5) is 11.5 Å². The van der Waals surface area contributed by atoms with E-state index < -0.39 is 5.97 Å². The number of aliphatic carboxylic acids is 1. The number of pyridine rings is 1. The summed E-state index contributed by atoms with van der Waals surface area (Å²) >= 11 is 0. The van der Waals surface area contributed by atoms with E-state index in [-0.39, 0.29) is 5.92 Å². The number of rotatable bonds is 5. The first kappa shape index (κ1) is 17.5. The van der Waals surface area contributed by atoms with Gasteiger partial charge in [-0.2, -0.15) is 0 Å². The van der Waals surface area contributed by atoms with Crippen LogP contribution in [0.25, 0.3) is 10.8 Å². The molecule has 0 unspecified atom stereocenters. The van der Waals surface area contributed by atoms with E-state index in [9.17, 15) is 9.90 Å². The molecule has 1 aliphatic rings. The zero-order valence-electron chi connectivity index (χ0n) is 15.3. The van der Waals surface area contributed by atoms with Crippen molar-refractivity contribution in [2.75, 3.05) is 36.0 Å². The van der Waals surface area contributed by atoms with Crippen LogP contribution in [-0.4, -0.2) is 42.2 Å². The molecule has 1 aromatic heterocycles. The molecule has 0 bridgehead atoms. The van der Waals surface area contributed by atoms with E-state index in [1.54, 1.807) is 0 Å². The van der Waals surface area contributed by atoms with Crippen LogP contribution in [0, 0.1) is 12.8 Å². The fourth-order valence-corrected chi connectivity index (χ4v) is 3.87. The highest BCUT2D eigenvalue weighted by molar-refractivity contribution is 6.01. The third-order valence-electron chi connectivity index (χ3n) is 5.26. The molecule has 0 spiro atoms. The number of carbonyl (C=O) groups is 1. The third kappa shape index (κ3) is 3.28. The topological polar surface area (TPSA) is 56.7 Å². The minimum atomic E-state index is -0.675. The summed E-state index contributed by atoms with van der Waals surface area (Å²) in [6.45, 7) is 9.81. The summed E-state index contributed by atoms with van der Waals surface area (Å²) in [6.07, 6.45) is 1.37. The lowest BCUT2D eigenvalue weighted by Crippen LogP contribution is -2.37. The molecule has 0 amide bonds. The fourth-order valence-electron chi connectivity index (χ4n) is 3.87. The summed E-state index contributed by atoms with van der Waals surface area (Å²) in [5.74, 6) is 0.0944. The van der Waals surface area contributed by atoms with Crippen molar-refractivity contribution >= 4 is 28.2 Å². The Labute approximate surface area is 149 Å². The van der Waals surface area contributed by atoms with Gasteiger partial charge in [0, 0.05) is 37.0 Å². The van der Waals surface area contributed by atoms with Crippen molar-refractivity contribution in [3.63, 3.8) is 0 Å². The lowest BCUT2D eigenvalue weighted by molar-refractivity contribution is -0.142. The van der Waals surface area contributed by atoms with Gasteiger partial charge in [0.2, 0.25) is 0 Å². The maximum absolute atomic E-state index is 11.2. The highest BCUT2D eigenvalue weighted by Gasteiger charge is 2.27. The first-order chi connectivity index (χ1) is 12.1. The van der Waals surface area contributed by atoms with Crippen LogP contribution in [-0.2, 0) is 4.79 Å². The largest absolute Gasteiger partial charge is 0.481 e. The zero-order valence-corrected chi connectivity index (χ0v) is 15.3. The van der Waals surface area contributed by atoms with Crippen LogP contribution in [0.3, 0.4) is 0 Å². The monoisotopic (exact) mass is 341 g/mol. The number of hydrogen-bond donors (Lipinski definition) is 1. The van der Waals surface area contributed by atoms with E-state index >= 15 is 0 Å². The second kappa shape index (κ2) is 7.30. The molecule has 1 fully saturated rings. The Morgan fingerprint density at radius 3 is 2.36 bits per heavy atom. The van der Waals surface area contributed by atoms with Gasteiger partial charge in [-0.25, -0.2) is 4.98 Å². The van der Waals surface area contributed by atoms with Gasteiger partial charge in [-0.05, 0) is 33.6 Å². The molecule has 1 saturated heterocycles. The molecule has 0 aliphatic carbocycles. The number of fused-ring (bicyclic) bond motifs is 1. The van der Waals surface area contributed by atoms with E-state index in [4.69, 9.17) is 4.98 Å². The van der Waals surface area contributed by atoms with Gasteiger partial charge >= 0.3 is 5.97 Å². The van der Waals surface area contributed by atoms with Crippen molar-refractivity contribution in [3.05, 3.63) is 30.0 Å². The first-order valence-electron chi connectivity index (χ1n) is 9.18. The van der Waals surface area contributed by atoms with Gasteiger partial charge in [0.1, 0.15) is 5.82 Å². The van der Waals surface area contributed by atoms with Crippen molar-refractivity contribution in [3.8, 4) is 0 Å². The molecule has 1 aliphatic heterocycles. The van der Waals surface area contributed by atoms with Gasteiger partial charge in [0.15, 0.2) is 0 Å². The van der Waals surface area contributed by atoms with E-state index in [0.29, 0.717) is 12.8 Å². The van der Waals surface area contributed by atoms with Gasteiger partial charge in [0.05, 0.1) is 17.3 Å². The Balaban J connectivity index is 2.03. The van der Waals surface area contributed by atoms with Gasteiger partial charge in [-0.1, -0.05) is 24.3 Å². The Morgan fingerprint density at radius 2 is 1.80 bits per heavy atom.